The van der Waals surface area contributed by atoms with E-state index in [1.807, 2.05) is 11.8 Å². The summed E-state index contributed by atoms with van der Waals surface area (Å²) in [4.78, 5) is 5.25. The summed E-state index contributed by atoms with van der Waals surface area (Å²) in [6.07, 6.45) is 8.70. The topological polar surface area (TPSA) is 32.5 Å². The smallest absolute Gasteiger partial charge is 0.0361 e. The maximum atomic E-state index is 6.26. The zero-order chi connectivity index (χ0) is 14.0. The minimum absolute atomic E-state index is 0.245. The van der Waals surface area contributed by atoms with Crippen LogP contribution in [0.3, 0.4) is 0 Å². The third-order valence-corrected chi connectivity index (χ3v) is 6.44. The standard InChI is InChI=1S/C15H31N3S/c1-5-12(10-19-4)18(3)15(11-16)8-13-6-7-14(9-15)17(13)2/h12-14H,5-11,16H2,1-4H3. The van der Waals surface area contributed by atoms with Gasteiger partial charge in [-0.1, -0.05) is 6.92 Å². The number of rotatable bonds is 6. The molecule has 2 fully saturated rings. The highest BCUT2D eigenvalue weighted by Gasteiger charge is 2.49. The van der Waals surface area contributed by atoms with Gasteiger partial charge in [-0.2, -0.15) is 11.8 Å². The van der Waals surface area contributed by atoms with Crippen LogP contribution in [0.1, 0.15) is 39.0 Å². The predicted octanol–water partition coefficient (Wildman–Crippen LogP) is 2.01. The number of likely N-dealkylation sites (N-methyl/N-ethyl adjacent to an activating group) is 1. The molecular weight excluding hydrogens is 254 g/mol. The minimum atomic E-state index is 0.245. The second-order valence-electron chi connectivity index (χ2n) is 6.52. The average Bonchev–Trinajstić information content (AvgIpc) is 2.67. The molecule has 0 aromatic rings. The fraction of sp³-hybridized carbons (Fsp3) is 1.00. The molecule has 0 spiro atoms. The van der Waals surface area contributed by atoms with Crippen molar-refractivity contribution in [2.45, 2.75) is 62.7 Å². The van der Waals surface area contributed by atoms with Gasteiger partial charge in [0.05, 0.1) is 0 Å². The molecule has 2 N–H and O–H groups in total. The van der Waals surface area contributed by atoms with Crippen LogP contribution in [0.15, 0.2) is 0 Å². The number of fused-ring (bicyclic) bond motifs is 2. The highest BCUT2D eigenvalue weighted by Crippen LogP contribution is 2.42. The zero-order valence-electron chi connectivity index (χ0n) is 13.1. The van der Waals surface area contributed by atoms with E-state index in [9.17, 15) is 0 Å². The summed E-state index contributed by atoms with van der Waals surface area (Å²) in [5, 5.41) is 0. The normalized spacial score (nSPS) is 36.9. The Morgan fingerprint density at radius 2 is 1.95 bits per heavy atom. The molecule has 3 nitrogen and oxygen atoms in total. The third kappa shape index (κ3) is 2.82. The molecule has 0 radical (unpaired) electrons. The Balaban J connectivity index is 2.14. The SMILES string of the molecule is CCC(CSC)N(C)C1(CN)CC2CCC(C1)N2C. The molecule has 2 saturated heterocycles. The van der Waals surface area contributed by atoms with E-state index < -0.39 is 0 Å². The molecule has 2 rings (SSSR count). The second kappa shape index (κ2) is 6.33. The fourth-order valence-electron chi connectivity index (χ4n) is 4.22. The number of nitrogens with zero attached hydrogens (tertiary/aromatic N) is 2. The third-order valence-electron chi connectivity index (χ3n) is 5.72. The van der Waals surface area contributed by atoms with Gasteiger partial charge < -0.3 is 10.6 Å². The Kier molecular flexibility index (Phi) is 5.21. The number of hydrogen-bond donors (Lipinski definition) is 1. The summed E-state index contributed by atoms with van der Waals surface area (Å²) >= 11 is 1.96. The predicted molar refractivity (Wildman–Crippen MR) is 85.8 cm³/mol. The first-order valence-corrected chi connectivity index (χ1v) is 9.11. The largest absolute Gasteiger partial charge is 0.329 e. The van der Waals surface area contributed by atoms with Crippen LogP contribution in [-0.2, 0) is 0 Å². The Bertz CT molecular complexity index is 283. The molecule has 0 amide bonds. The van der Waals surface area contributed by atoms with Crippen molar-refractivity contribution < 1.29 is 0 Å². The van der Waals surface area contributed by atoms with Gasteiger partial charge in [0.2, 0.25) is 0 Å². The molecule has 2 aliphatic heterocycles. The molecule has 0 aromatic heterocycles. The van der Waals surface area contributed by atoms with E-state index in [1.165, 1.54) is 37.9 Å². The van der Waals surface area contributed by atoms with Crippen molar-refractivity contribution in [3.05, 3.63) is 0 Å². The van der Waals surface area contributed by atoms with Gasteiger partial charge in [0.15, 0.2) is 0 Å². The first-order valence-electron chi connectivity index (χ1n) is 7.72. The molecule has 0 aliphatic carbocycles. The maximum Gasteiger partial charge on any atom is 0.0361 e. The van der Waals surface area contributed by atoms with E-state index in [0.717, 1.165) is 18.6 Å². The molecule has 2 heterocycles. The van der Waals surface area contributed by atoms with E-state index in [0.29, 0.717) is 6.04 Å². The number of thioether (sulfide) groups is 1. The summed E-state index contributed by atoms with van der Waals surface area (Å²) < 4.78 is 0. The van der Waals surface area contributed by atoms with E-state index in [4.69, 9.17) is 5.73 Å². The van der Waals surface area contributed by atoms with Crippen molar-refractivity contribution in [2.75, 3.05) is 32.6 Å². The monoisotopic (exact) mass is 285 g/mol. The van der Waals surface area contributed by atoms with E-state index in [2.05, 4.69) is 37.1 Å². The van der Waals surface area contributed by atoms with E-state index >= 15 is 0 Å². The fourth-order valence-corrected chi connectivity index (χ4v) is 5.07. The summed E-state index contributed by atoms with van der Waals surface area (Å²) in [7, 11) is 4.63. The summed E-state index contributed by atoms with van der Waals surface area (Å²) in [6, 6.07) is 2.19. The highest BCUT2D eigenvalue weighted by molar-refractivity contribution is 7.98. The van der Waals surface area contributed by atoms with Crippen LogP contribution in [0.4, 0.5) is 0 Å². The van der Waals surface area contributed by atoms with Gasteiger partial charge in [-0.3, -0.25) is 4.90 Å². The molecule has 3 unspecified atom stereocenters. The van der Waals surface area contributed by atoms with Crippen LogP contribution in [0, 0.1) is 0 Å². The average molecular weight is 286 g/mol. The Morgan fingerprint density at radius 3 is 2.37 bits per heavy atom. The molecule has 0 saturated carbocycles. The van der Waals surface area contributed by atoms with Crippen LogP contribution in [0.2, 0.25) is 0 Å². The molecule has 3 atom stereocenters. The van der Waals surface area contributed by atoms with Crippen LogP contribution in [0.25, 0.3) is 0 Å². The summed E-state index contributed by atoms with van der Waals surface area (Å²) in [6.45, 7) is 3.13. The lowest BCUT2D eigenvalue weighted by molar-refractivity contribution is -0.00333. The highest BCUT2D eigenvalue weighted by atomic mass is 32.2. The van der Waals surface area contributed by atoms with Crippen molar-refractivity contribution in [3.63, 3.8) is 0 Å². The Morgan fingerprint density at radius 1 is 1.37 bits per heavy atom. The molecule has 0 aromatic carbocycles. The van der Waals surface area contributed by atoms with Crippen molar-refractivity contribution in [2.24, 2.45) is 5.73 Å². The molecule has 19 heavy (non-hydrogen) atoms. The van der Waals surface area contributed by atoms with Crippen molar-refractivity contribution in [1.82, 2.24) is 9.80 Å². The summed E-state index contributed by atoms with van der Waals surface area (Å²) in [5.74, 6) is 1.22. The molecule has 2 bridgehead atoms. The molecule has 2 aliphatic rings. The quantitative estimate of drug-likeness (QED) is 0.809. The van der Waals surface area contributed by atoms with Gasteiger partial charge in [-0.15, -0.1) is 0 Å². The van der Waals surface area contributed by atoms with Gasteiger partial charge in [-0.05, 0) is 52.5 Å². The Hall–Kier alpha value is 0.230. The van der Waals surface area contributed by atoms with Crippen LogP contribution < -0.4 is 5.73 Å². The lowest BCUT2D eigenvalue weighted by Crippen LogP contribution is -2.63. The van der Waals surface area contributed by atoms with Crippen molar-refractivity contribution in [1.29, 1.82) is 0 Å². The Labute approximate surface area is 123 Å². The minimum Gasteiger partial charge on any atom is -0.329 e. The number of piperidine rings is 1. The maximum absolute atomic E-state index is 6.26. The molecule has 112 valence electrons. The van der Waals surface area contributed by atoms with Crippen molar-refractivity contribution in [3.8, 4) is 0 Å². The molecular formula is C15H31N3S. The summed E-state index contributed by atoms with van der Waals surface area (Å²) in [5.41, 5.74) is 6.50. The van der Waals surface area contributed by atoms with Gasteiger partial charge in [0, 0.05) is 36.0 Å². The van der Waals surface area contributed by atoms with E-state index in [1.54, 1.807) is 0 Å². The van der Waals surface area contributed by atoms with Crippen LogP contribution >= 0.6 is 11.8 Å². The van der Waals surface area contributed by atoms with Crippen LogP contribution in [-0.4, -0.2) is 66.1 Å². The number of nitrogens with two attached hydrogens (primary N) is 1. The van der Waals surface area contributed by atoms with Gasteiger partial charge in [0.1, 0.15) is 0 Å². The zero-order valence-corrected chi connectivity index (χ0v) is 13.9. The first-order chi connectivity index (χ1) is 9.07. The molecule has 4 heteroatoms. The van der Waals surface area contributed by atoms with Crippen molar-refractivity contribution >= 4 is 11.8 Å². The van der Waals surface area contributed by atoms with Gasteiger partial charge >= 0.3 is 0 Å². The van der Waals surface area contributed by atoms with Gasteiger partial charge in [0.25, 0.3) is 0 Å². The number of hydrogen-bond acceptors (Lipinski definition) is 4. The second-order valence-corrected chi connectivity index (χ2v) is 7.43. The lowest BCUT2D eigenvalue weighted by Gasteiger charge is -2.52. The van der Waals surface area contributed by atoms with Gasteiger partial charge in [-0.25, -0.2) is 0 Å². The van der Waals surface area contributed by atoms with Crippen LogP contribution in [0.5, 0.6) is 0 Å². The first kappa shape index (κ1) is 15.6. The van der Waals surface area contributed by atoms with E-state index in [-0.39, 0.29) is 5.54 Å². The lowest BCUT2D eigenvalue weighted by atomic mass is 9.80.